The van der Waals surface area contributed by atoms with Gasteiger partial charge in [0, 0.05) is 18.0 Å². The van der Waals surface area contributed by atoms with Gasteiger partial charge in [-0.05, 0) is 30.0 Å². The van der Waals surface area contributed by atoms with E-state index in [0.29, 0.717) is 5.92 Å². The van der Waals surface area contributed by atoms with Crippen LogP contribution < -0.4 is 0 Å². The molecule has 0 aliphatic rings. The van der Waals surface area contributed by atoms with E-state index >= 15 is 0 Å². The fraction of sp³-hybridized carbons (Fsp3) is 0.312. The lowest BCUT2D eigenvalue weighted by Crippen LogP contribution is -2.22. The molecule has 0 fully saturated rings. The molecule has 0 aliphatic carbocycles. The monoisotopic (exact) mass is 241 g/mol. The minimum Gasteiger partial charge on any atom is -0.381 e. The summed E-state index contributed by atoms with van der Waals surface area (Å²) in [5, 5.41) is 10.6. The molecule has 2 heteroatoms. The maximum absolute atomic E-state index is 10.6. The first-order valence-electron chi connectivity index (χ1n) is 6.25. The van der Waals surface area contributed by atoms with Crippen LogP contribution in [0.15, 0.2) is 48.8 Å². The van der Waals surface area contributed by atoms with E-state index in [0.717, 1.165) is 11.1 Å². The van der Waals surface area contributed by atoms with Crippen LogP contribution in [0.25, 0.3) is 0 Å². The Hall–Kier alpha value is -1.67. The fourth-order valence-electron chi connectivity index (χ4n) is 2.01. The average Bonchev–Trinajstić information content (AvgIpc) is 2.40. The molecule has 2 nitrogen and oxygen atoms in total. The first-order chi connectivity index (χ1) is 8.51. The van der Waals surface area contributed by atoms with Crippen molar-refractivity contribution >= 4 is 0 Å². The quantitative estimate of drug-likeness (QED) is 0.892. The zero-order valence-electron chi connectivity index (χ0n) is 11.1. The van der Waals surface area contributed by atoms with Gasteiger partial charge in [-0.15, -0.1) is 0 Å². The lowest BCUT2D eigenvalue weighted by molar-refractivity contribution is 0.102. The maximum Gasteiger partial charge on any atom is 0.113 e. The van der Waals surface area contributed by atoms with E-state index in [1.165, 1.54) is 5.56 Å². The second-order valence-corrected chi connectivity index (χ2v) is 5.09. The standard InChI is InChI=1S/C16H19NO/c1-12(2)13-6-8-14(9-7-13)16(3,18)15-5-4-10-17-11-15/h4-12,18H,1-3H3. The van der Waals surface area contributed by atoms with Crippen LogP contribution in [0.2, 0.25) is 0 Å². The molecule has 0 amide bonds. The van der Waals surface area contributed by atoms with Crippen molar-refractivity contribution in [2.45, 2.75) is 32.3 Å². The number of hydrogen-bond acceptors (Lipinski definition) is 2. The van der Waals surface area contributed by atoms with Crippen molar-refractivity contribution in [1.82, 2.24) is 4.98 Å². The third-order valence-corrected chi connectivity index (χ3v) is 3.36. The predicted molar refractivity (Wildman–Crippen MR) is 73.4 cm³/mol. The number of aromatic nitrogens is 1. The van der Waals surface area contributed by atoms with Crippen LogP contribution in [0.1, 0.15) is 43.4 Å². The van der Waals surface area contributed by atoms with Gasteiger partial charge in [0.2, 0.25) is 0 Å². The number of nitrogens with zero attached hydrogens (tertiary/aromatic N) is 1. The molecule has 0 radical (unpaired) electrons. The normalized spacial score (nSPS) is 14.5. The molecule has 0 saturated heterocycles. The van der Waals surface area contributed by atoms with Gasteiger partial charge in [0.25, 0.3) is 0 Å². The smallest absolute Gasteiger partial charge is 0.113 e. The van der Waals surface area contributed by atoms with Crippen LogP contribution in [-0.4, -0.2) is 10.1 Å². The SMILES string of the molecule is CC(C)c1ccc(C(C)(O)c2cccnc2)cc1. The Bertz CT molecular complexity index is 500. The molecule has 1 aromatic carbocycles. The predicted octanol–water partition coefficient (Wildman–Crippen LogP) is 3.46. The molecular weight excluding hydrogens is 222 g/mol. The van der Waals surface area contributed by atoms with Crippen molar-refractivity contribution in [2.75, 3.05) is 0 Å². The largest absolute Gasteiger partial charge is 0.381 e. The number of aliphatic hydroxyl groups is 1. The van der Waals surface area contributed by atoms with Crippen molar-refractivity contribution in [3.63, 3.8) is 0 Å². The fourth-order valence-corrected chi connectivity index (χ4v) is 2.01. The van der Waals surface area contributed by atoms with Gasteiger partial charge in [-0.2, -0.15) is 0 Å². The van der Waals surface area contributed by atoms with Crippen LogP contribution in [-0.2, 0) is 5.60 Å². The van der Waals surface area contributed by atoms with E-state index in [1.54, 1.807) is 19.3 Å². The molecule has 2 rings (SSSR count). The molecule has 0 bridgehead atoms. The highest BCUT2D eigenvalue weighted by atomic mass is 16.3. The van der Waals surface area contributed by atoms with Gasteiger partial charge in [-0.1, -0.05) is 44.2 Å². The van der Waals surface area contributed by atoms with Crippen molar-refractivity contribution in [3.8, 4) is 0 Å². The van der Waals surface area contributed by atoms with Crippen LogP contribution in [0, 0.1) is 0 Å². The summed E-state index contributed by atoms with van der Waals surface area (Å²) in [6.45, 7) is 6.12. The molecule has 94 valence electrons. The van der Waals surface area contributed by atoms with Gasteiger partial charge in [-0.3, -0.25) is 4.98 Å². The summed E-state index contributed by atoms with van der Waals surface area (Å²) < 4.78 is 0. The van der Waals surface area contributed by atoms with Crippen molar-refractivity contribution in [1.29, 1.82) is 0 Å². The van der Waals surface area contributed by atoms with E-state index in [2.05, 4.69) is 31.0 Å². The Labute approximate surface area is 108 Å². The summed E-state index contributed by atoms with van der Waals surface area (Å²) in [5.41, 5.74) is 1.98. The Morgan fingerprint density at radius 2 is 1.72 bits per heavy atom. The molecule has 1 atom stereocenters. The molecule has 1 N–H and O–H groups in total. The first kappa shape index (κ1) is 12.8. The molecular formula is C16H19NO. The lowest BCUT2D eigenvalue weighted by Gasteiger charge is -2.24. The molecule has 18 heavy (non-hydrogen) atoms. The third-order valence-electron chi connectivity index (χ3n) is 3.36. The Morgan fingerprint density at radius 1 is 1.06 bits per heavy atom. The summed E-state index contributed by atoms with van der Waals surface area (Å²) >= 11 is 0. The average molecular weight is 241 g/mol. The molecule has 0 aliphatic heterocycles. The lowest BCUT2D eigenvalue weighted by atomic mass is 9.88. The van der Waals surface area contributed by atoms with Gasteiger partial charge in [0.05, 0.1) is 0 Å². The molecule has 1 heterocycles. The van der Waals surface area contributed by atoms with Gasteiger partial charge in [0.1, 0.15) is 5.60 Å². The van der Waals surface area contributed by atoms with E-state index in [4.69, 9.17) is 0 Å². The van der Waals surface area contributed by atoms with Gasteiger partial charge in [-0.25, -0.2) is 0 Å². The topological polar surface area (TPSA) is 33.1 Å². The van der Waals surface area contributed by atoms with E-state index in [9.17, 15) is 5.11 Å². The summed E-state index contributed by atoms with van der Waals surface area (Å²) in [5.74, 6) is 0.502. The summed E-state index contributed by atoms with van der Waals surface area (Å²) in [4.78, 5) is 4.06. The van der Waals surface area contributed by atoms with Gasteiger partial charge >= 0.3 is 0 Å². The molecule has 0 saturated carbocycles. The summed E-state index contributed by atoms with van der Waals surface area (Å²) in [6, 6.07) is 11.9. The third kappa shape index (κ3) is 2.44. The van der Waals surface area contributed by atoms with Crippen molar-refractivity contribution in [3.05, 3.63) is 65.5 Å². The molecule has 0 spiro atoms. The summed E-state index contributed by atoms with van der Waals surface area (Å²) in [7, 11) is 0. The zero-order chi connectivity index (χ0) is 13.2. The van der Waals surface area contributed by atoms with Gasteiger partial charge < -0.3 is 5.11 Å². The van der Waals surface area contributed by atoms with Crippen LogP contribution >= 0.6 is 0 Å². The second-order valence-electron chi connectivity index (χ2n) is 5.09. The Kier molecular flexibility index (Phi) is 3.48. The van der Waals surface area contributed by atoms with E-state index in [-0.39, 0.29) is 0 Å². The highest BCUT2D eigenvalue weighted by molar-refractivity contribution is 5.35. The maximum atomic E-state index is 10.6. The molecule has 1 aromatic heterocycles. The second kappa shape index (κ2) is 4.91. The molecule has 2 aromatic rings. The first-order valence-corrected chi connectivity index (χ1v) is 6.25. The molecule has 1 unspecified atom stereocenters. The minimum atomic E-state index is -0.996. The zero-order valence-corrected chi connectivity index (χ0v) is 11.1. The number of hydrogen-bond donors (Lipinski definition) is 1. The van der Waals surface area contributed by atoms with Crippen molar-refractivity contribution < 1.29 is 5.11 Å². The Morgan fingerprint density at radius 3 is 2.22 bits per heavy atom. The highest BCUT2D eigenvalue weighted by Gasteiger charge is 2.25. The number of pyridine rings is 1. The number of rotatable bonds is 3. The van der Waals surface area contributed by atoms with E-state index < -0.39 is 5.60 Å². The van der Waals surface area contributed by atoms with Crippen LogP contribution in [0.5, 0.6) is 0 Å². The van der Waals surface area contributed by atoms with Crippen LogP contribution in [0.3, 0.4) is 0 Å². The van der Waals surface area contributed by atoms with Crippen LogP contribution in [0.4, 0.5) is 0 Å². The number of benzene rings is 1. The van der Waals surface area contributed by atoms with Crippen molar-refractivity contribution in [2.24, 2.45) is 0 Å². The summed E-state index contributed by atoms with van der Waals surface area (Å²) in [6.07, 6.45) is 3.41. The Balaban J connectivity index is 2.36. The van der Waals surface area contributed by atoms with E-state index in [1.807, 2.05) is 24.3 Å². The minimum absolute atomic E-state index is 0.502. The van der Waals surface area contributed by atoms with Gasteiger partial charge in [0.15, 0.2) is 0 Å². The highest BCUT2D eigenvalue weighted by Crippen LogP contribution is 2.29.